The van der Waals surface area contributed by atoms with Gasteiger partial charge in [-0.15, -0.1) is 0 Å². The number of hydrogen-bond acceptors (Lipinski definition) is 4. The zero-order chi connectivity index (χ0) is 12.4. The SMILES string of the molecule is COc1cnn(-c2ccccc2O)c1C(=O)O. The molecular formula is C11H10N2O4. The van der Waals surface area contributed by atoms with Crippen molar-refractivity contribution >= 4 is 5.97 Å². The zero-order valence-electron chi connectivity index (χ0n) is 8.99. The lowest BCUT2D eigenvalue weighted by molar-refractivity contribution is 0.0683. The topological polar surface area (TPSA) is 84.6 Å². The van der Waals surface area contributed by atoms with Crippen molar-refractivity contribution in [2.45, 2.75) is 0 Å². The van der Waals surface area contributed by atoms with E-state index in [4.69, 9.17) is 9.84 Å². The van der Waals surface area contributed by atoms with Crippen LogP contribution in [0.1, 0.15) is 10.5 Å². The van der Waals surface area contributed by atoms with Gasteiger partial charge in [-0.2, -0.15) is 5.10 Å². The van der Waals surface area contributed by atoms with Crippen LogP contribution in [-0.4, -0.2) is 33.1 Å². The molecule has 1 aromatic heterocycles. The number of carbonyl (C=O) groups is 1. The van der Waals surface area contributed by atoms with E-state index in [1.54, 1.807) is 18.2 Å². The van der Waals surface area contributed by atoms with E-state index < -0.39 is 5.97 Å². The third-order valence-electron chi connectivity index (χ3n) is 2.27. The van der Waals surface area contributed by atoms with Crippen molar-refractivity contribution < 1.29 is 19.7 Å². The van der Waals surface area contributed by atoms with E-state index in [0.717, 1.165) is 4.68 Å². The van der Waals surface area contributed by atoms with Gasteiger partial charge in [-0.25, -0.2) is 9.48 Å². The summed E-state index contributed by atoms with van der Waals surface area (Å²) in [6.07, 6.45) is 1.29. The van der Waals surface area contributed by atoms with E-state index in [2.05, 4.69) is 5.10 Å². The molecule has 6 heteroatoms. The van der Waals surface area contributed by atoms with Crippen LogP contribution < -0.4 is 4.74 Å². The van der Waals surface area contributed by atoms with Crippen molar-refractivity contribution in [2.75, 3.05) is 7.11 Å². The molecule has 0 saturated carbocycles. The minimum atomic E-state index is -1.18. The minimum absolute atomic E-state index is 0.0549. The van der Waals surface area contributed by atoms with Crippen molar-refractivity contribution in [2.24, 2.45) is 0 Å². The highest BCUT2D eigenvalue weighted by molar-refractivity contribution is 5.89. The van der Waals surface area contributed by atoms with E-state index in [1.807, 2.05) is 0 Å². The summed E-state index contributed by atoms with van der Waals surface area (Å²) in [7, 11) is 1.36. The molecule has 0 amide bonds. The maximum atomic E-state index is 11.1. The van der Waals surface area contributed by atoms with Crippen LogP contribution in [0.3, 0.4) is 0 Å². The van der Waals surface area contributed by atoms with Gasteiger partial charge in [-0.05, 0) is 12.1 Å². The molecule has 2 aromatic rings. The van der Waals surface area contributed by atoms with Gasteiger partial charge in [-0.3, -0.25) is 0 Å². The van der Waals surface area contributed by atoms with Gasteiger partial charge in [-0.1, -0.05) is 12.1 Å². The summed E-state index contributed by atoms with van der Waals surface area (Å²) >= 11 is 0. The molecule has 0 aliphatic carbocycles. The van der Waals surface area contributed by atoms with E-state index in [9.17, 15) is 9.90 Å². The quantitative estimate of drug-likeness (QED) is 0.835. The zero-order valence-corrected chi connectivity index (χ0v) is 8.99. The van der Waals surface area contributed by atoms with Gasteiger partial charge < -0.3 is 14.9 Å². The number of aromatic carboxylic acids is 1. The Hall–Kier alpha value is -2.50. The lowest BCUT2D eigenvalue weighted by atomic mass is 10.3. The number of carboxylic acids is 1. The number of methoxy groups -OCH3 is 1. The number of carboxylic acid groups (broad SMARTS) is 1. The van der Waals surface area contributed by atoms with Crippen LogP contribution in [0.15, 0.2) is 30.5 Å². The number of rotatable bonds is 3. The normalized spacial score (nSPS) is 10.2. The van der Waals surface area contributed by atoms with Crippen LogP contribution in [0.2, 0.25) is 0 Å². The molecule has 0 atom stereocenters. The Morgan fingerprint density at radius 1 is 1.41 bits per heavy atom. The summed E-state index contributed by atoms with van der Waals surface area (Å²) in [6.45, 7) is 0. The summed E-state index contributed by atoms with van der Waals surface area (Å²) in [5.74, 6) is -1.09. The van der Waals surface area contributed by atoms with Crippen molar-refractivity contribution in [3.05, 3.63) is 36.2 Å². The molecule has 0 unspecified atom stereocenters. The van der Waals surface area contributed by atoms with Gasteiger partial charge in [0.2, 0.25) is 0 Å². The molecule has 1 aromatic carbocycles. The van der Waals surface area contributed by atoms with Crippen molar-refractivity contribution in [1.29, 1.82) is 0 Å². The summed E-state index contributed by atoms with van der Waals surface area (Å²) in [5.41, 5.74) is 0.155. The molecule has 0 aliphatic rings. The maximum absolute atomic E-state index is 11.1. The lowest BCUT2D eigenvalue weighted by Crippen LogP contribution is -2.09. The number of phenols is 1. The first-order valence-electron chi connectivity index (χ1n) is 4.79. The molecule has 0 bridgehead atoms. The number of phenolic OH excluding ortho intramolecular Hbond substituents is 1. The third-order valence-corrected chi connectivity index (χ3v) is 2.27. The largest absolute Gasteiger partial charge is 0.506 e. The monoisotopic (exact) mass is 234 g/mol. The number of ether oxygens (including phenoxy) is 1. The smallest absolute Gasteiger partial charge is 0.358 e. The van der Waals surface area contributed by atoms with E-state index >= 15 is 0 Å². The van der Waals surface area contributed by atoms with Crippen LogP contribution in [0.4, 0.5) is 0 Å². The molecule has 0 fully saturated rings. The second-order valence-corrected chi connectivity index (χ2v) is 3.27. The number of aromatic hydroxyl groups is 1. The summed E-state index contributed by atoms with van der Waals surface area (Å²) < 4.78 is 6.02. The molecule has 2 N–H and O–H groups in total. The van der Waals surface area contributed by atoms with Gasteiger partial charge in [0.25, 0.3) is 0 Å². The molecule has 2 rings (SSSR count). The molecule has 1 heterocycles. The highest BCUT2D eigenvalue weighted by Crippen LogP contribution is 2.26. The number of para-hydroxylation sites is 2. The summed E-state index contributed by atoms with van der Waals surface area (Å²) in [6, 6.07) is 6.33. The van der Waals surface area contributed by atoms with E-state index in [1.165, 1.54) is 19.4 Å². The fraction of sp³-hybridized carbons (Fsp3) is 0.0909. The number of nitrogens with zero attached hydrogens (tertiary/aromatic N) is 2. The Bertz CT molecular complexity index is 562. The molecule has 0 aliphatic heterocycles. The Balaban J connectivity index is 2.64. The number of benzene rings is 1. The van der Waals surface area contributed by atoms with Gasteiger partial charge >= 0.3 is 5.97 Å². The number of hydrogen-bond donors (Lipinski definition) is 2. The van der Waals surface area contributed by atoms with Crippen molar-refractivity contribution in [3.63, 3.8) is 0 Å². The van der Waals surface area contributed by atoms with E-state index in [-0.39, 0.29) is 22.9 Å². The summed E-state index contributed by atoms with van der Waals surface area (Å²) in [4.78, 5) is 11.1. The average Bonchev–Trinajstić information content (AvgIpc) is 2.73. The van der Waals surface area contributed by atoms with Gasteiger partial charge in [0, 0.05) is 0 Å². The van der Waals surface area contributed by atoms with Crippen LogP contribution >= 0.6 is 0 Å². The van der Waals surface area contributed by atoms with Gasteiger partial charge in [0.05, 0.1) is 13.3 Å². The lowest BCUT2D eigenvalue weighted by Gasteiger charge is -2.06. The predicted molar refractivity (Wildman–Crippen MR) is 58.7 cm³/mol. The first-order valence-corrected chi connectivity index (χ1v) is 4.79. The molecule has 17 heavy (non-hydrogen) atoms. The number of aromatic nitrogens is 2. The fourth-order valence-electron chi connectivity index (χ4n) is 1.50. The second-order valence-electron chi connectivity index (χ2n) is 3.27. The molecule has 0 saturated heterocycles. The summed E-state index contributed by atoms with van der Waals surface area (Å²) in [5, 5.41) is 22.6. The van der Waals surface area contributed by atoms with Crippen LogP contribution in [-0.2, 0) is 0 Å². The maximum Gasteiger partial charge on any atom is 0.358 e. The Morgan fingerprint density at radius 2 is 2.12 bits per heavy atom. The predicted octanol–water partition coefficient (Wildman–Crippen LogP) is 1.28. The Morgan fingerprint density at radius 3 is 2.71 bits per heavy atom. The third kappa shape index (κ3) is 1.80. The van der Waals surface area contributed by atoms with Crippen molar-refractivity contribution in [3.8, 4) is 17.2 Å². The molecule has 0 radical (unpaired) electrons. The molecule has 0 spiro atoms. The van der Waals surface area contributed by atoms with Crippen LogP contribution in [0.5, 0.6) is 11.5 Å². The van der Waals surface area contributed by atoms with Gasteiger partial charge in [0.1, 0.15) is 11.4 Å². The first kappa shape index (κ1) is 11.0. The fourth-order valence-corrected chi connectivity index (χ4v) is 1.50. The highest BCUT2D eigenvalue weighted by atomic mass is 16.5. The second kappa shape index (κ2) is 4.17. The standard InChI is InChI=1S/C11H10N2O4/c1-17-9-6-12-13(10(9)11(15)16)7-4-2-3-5-8(7)14/h2-6,14H,1H3,(H,15,16). The Kier molecular flexibility index (Phi) is 2.70. The van der Waals surface area contributed by atoms with Gasteiger partial charge in [0.15, 0.2) is 11.4 Å². The van der Waals surface area contributed by atoms with Crippen molar-refractivity contribution in [1.82, 2.24) is 9.78 Å². The molecular weight excluding hydrogens is 224 g/mol. The Labute approximate surface area is 96.7 Å². The molecule has 6 nitrogen and oxygen atoms in total. The van der Waals surface area contributed by atoms with E-state index in [0.29, 0.717) is 0 Å². The molecule has 88 valence electrons. The van der Waals surface area contributed by atoms with Crippen LogP contribution in [0, 0.1) is 0 Å². The first-order chi connectivity index (χ1) is 8.15. The highest BCUT2D eigenvalue weighted by Gasteiger charge is 2.20. The average molecular weight is 234 g/mol. The van der Waals surface area contributed by atoms with Crippen LogP contribution in [0.25, 0.3) is 5.69 Å². The minimum Gasteiger partial charge on any atom is -0.506 e.